The van der Waals surface area contributed by atoms with Crippen LogP contribution in [0.15, 0.2) is 12.1 Å². The zero-order chi connectivity index (χ0) is 14.0. The number of hydrogen-bond donors (Lipinski definition) is 1. The molecule has 1 aromatic rings. The lowest BCUT2D eigenvalue weighted by Gasteiger charge is -2.28. The van der Waals surface area contributed by atoms with Gasteiger partial charge < -0.3 is 5.32 Å². The highest BCUT2D eigenvalue weighted by molar-refractivity contribution is 6.31. The van der Waals surface area contributed by atoms with Crippen LogP contribution in [0.2, 0.25) is 5.02 Å². The second kappa shape index (κ2) is 5.57. The van der Waals surface area contributed by atoms with Crippen LogP contribution in [0.1, 0.15) is 25.5 Å². The number of piperidine rings is 1. The molecule has 0 radical (unpaired) electrons. The summed E-state index contributed by atoms with van der Waals surface area (Å²) in [6.07, 6.45) is 0.796. The number of hydrogen-bond acceptors (Lipinski definition) is 4. The van der Waals surface area contributed by atoms with Gasteiger partial charge in [0.25, 0.3) is 0 Å². The summed E-state index contributed by atoms with van der Waals surface area (Å²) < 4.78 is 0. The van der Waals surface area contributed by atoms with Crippen molar-refractivity contribution in [3.8, 4) is 0 Å². The highest BCUT2D eigenvalue weighted by Gasteiger charge is 2.30. The number of amides is 2. The molecule has 2 rings (SSSR count). The molecule has 0 saturated carbocycles. The first-order chi connectivity index (χ1) is 9.01. The molecule has 1 fully saturated rings. The van der Waals surface area contributed by atoms with Crippen LogP contribution in [-0.4, -0.2) is 28.7 Å². The van der Waals surface area contributed by atoms with Crippen LogP contribution in [0, 0.1) is 5.92 Å². The maximum absolute atomic E-state index is 11.9. The van der Waals surface area contributed by atoms with Crippen LogP contribution in [-0.2, 0) is 16.1 Å². The standard InChI is InChI=1S/C13H16ClN3O2/c1-8-5-12(18)17(13(19)6-8)7-10-9(14)3-4-11(15-2)16-10/h3-4,8H,5-7H2,1-2H3,(H,15,16). The van der Waals surface area contributed by atoms with Gasteiger partial charge in [-0.1, -0.05) is 18.5 Å². The number of nitrogens with zero attached hydrogens (tertiary/aromatic N) is 2. The van der Waals surface area contributed by atoms with Gasteiger partial charge in [0, 0.05) is 19.9 Å². The Morgan fingerprint density at radius 3 is 2.58 bits per heavy atom. The van der Waals surface area contributed by atoms with E-state index in [0.717, 1.165) is 0 Å². The normalized spacial score (nSPS) is 16.9. The van der Waals surface area contributed by atoms with Gasteiger partial charge in [0.15, 0.2) is 0 Å². The zero-order valence-electron chi connectivity index (χ0n) is 10.9. The highest BCUT2D eigenvalue weighted by Crippen LogP contribution is 2.23. The number of carbonyl (C=O) groups is 2. The van der Waals surface area contributed by atoms with E-state index in [-0.39, 0.29) is 24.3 Å². The summed E-state index contributed by atoms with van der Waals surface area (Å²) in [4.78, 5) is 29.3. The smallest absolute Gasteiger partial charge is 0.229 e. The number of halogens is 1. The minimum Gasteiger partial charge on any atom is -0.373 e. The molecule has 6 heteroatoms. The molecule has 1 N–H and O–H groups in total. The van der Waals surface area contributed by atoms with Crippen LogP contribution in [0.5, 0.6) is 0 Å². The number of likely N-dealkylation sites (tertiary alicyclic amines) is 1. The lowest BCUT2D eigenvalue weighted by atomic mass is 9.97. The van der Waals surface area contributed by atoms with E-state index in [1.807, 2.05) is 6.92 Å². The average molecular weight is 282 g/mol. The van der Waals surface area contributed by atoms with Gasteiger partial charge in [-0.3, -0.25) is 14.5 Å². The molecule has 1 aromatic heterocycles. The molecule has 1 aliphatic rings. The van der Waals surface area contributed by atoms with Crippen molar-refractivity contribution in [2.24, 2.45) is 5.92 Å². The average Bonchev–Trinajstić information content (AvgIpc) is 2.35. The molecular weight excluding hydrogens is 266 g/mol. The first-order valence-corrected chi connectivity index (χ1v) is 6.55. The van der Waals surface area contributed by atoms with E-state index in [2.05, 4.69) is 10.3 Å². The number of rotatable bonds is 3. The zero-order valence-corrected chi connectivity index (χ0v) is 11.7. The molecule has 0 bridgehead atoms. The summed E-state index contributed by atoms with van der Waals surface area (Å²) in [6.45, 7) is 2.04. The molecule has 0 unspecified atom stereocenters. The number of imide groups is 1. The lowest BCUT2D eigenvalue weighted by Crippen LogP contribution is -2.42. The summed E-state index contributed by atoms with van der Waals surface area (Å²) in [5.74, 6) is 0.459. The van der Waals surface area contributed by atoms with Gasteiger partial charge in [-0.05, 0) is 18.1 Å². The Balaban J connectivity index is 2.20. The fourth-order valence-corrected chi connectivity index (χ4v) is 2.25. The van der Waals surface area contributed by atoms with Crippen LogP contribution >= 0.6 is 11.6 Å². The Bertz CT molecular complexity index is 501. The quantitative estimate of drug-likeness (QED) is 0.862. The van der Waals surface area contributed by atoms with Crippen molar-refractivity contribution in [1.82, 2.24) is 9.88 Å². The predicted molar refractivity (Wildman–Crippen MR) is 72.7 cm³/mol. The summed E-state index contributed by atoms with van der Waals surface area (Å²) in [7, 11) is 1.75. The molecule has 0 aromatic carbocycles. The molecule has 2 heterocycles. The van der Waals surface area contributed by atoms with Crippen molar-refractivity contribution in [2.75, 3.05) is 12.4 Å². The first kappa shape index (κ1) is 13.8. The van der Waals surface area contributed by atoms with Gasteiger partial charge in [-0.15, -0.1) is 0 Å². The molecule has 0 spiro atoms. The Morgan fingerprint density at radius 2 is 2.00 bits per heavy atom. The van der Waals surface area contributed by atoms with Crippen LogP contribution < -0.4 is 5.32 Å². The van der Waals surface area contributed by atoms with Crippen LogP contribution in [0.3, 0.4) is 0 Å². The summed E-state index contributed by atoms with van der Waals surface area (Å²) in [5.41, 5.74) is 0.532. The van der Waals surface area contributed by atoms with Crippen LogP contribution in [0.25, 0.3) is 0 Å². The van der Waals surface area contributed by atoms with Crippen molar-refractivity contribution < 1.29 is 9.59 Å². The minimum atomic E-state index is -0.156. The van der Waals surface area contributed by atoms with E-state index in [0.29, 0.717) is 29.4 Å². The molecule has 19 heavy (non-hydrogen) atoms. The van der Waals surface area contributed by atoms with Crippen LogP contribution in [0.4, 0.5) is 5.82 Å². The number of nitrogens with one attached hydrogen (secondary N) is 1. The van der Waals surface area contributed by atoms with Crippen molar-refractivity contribution in [1.29, 1.82) is 0 Å². The van der Waals surface area contributed by atoms with Gasteiger partial charge >= 0.3 is 0 Å². The number of pyridine rings is 1. The molecule has 5 nitrogen and oxygen atoms in total. The van der Waals surface area contributed by atoms with Crippen molar-refractivity contribution in [2.45, 2.75) is 26.3 Å². The number of anilines is 1. The minimum absolute atomic E-state index is 0.114. The van der Waals surface area contributed by atoms with Gasteiger partial charge in [0.05, 0.1) is 17.3 Å². The SMILES string of the molecule is CNc1ccc(Cl)c(CN2C(=O)CC(C)CC2=O)n1. The fraction of sp³-hybridized carbons (Fsp3) is 0.462. The molecule has 0 atom stereocenters. The maximum atomic E-state index is 11.9. The Morgan fingerprint density at radius 1 is 1.37 bits per heavy atom. The number of aromatic nitrogens is 1. The van der Waals surface area contributed by atoms with E-state index in [9.17, 15) is 9.59 Å². The largest absolute Gasteiger partial charge is 0.373 e. The van der Waals surface area contributed by atoms with Crippen molar-refractivity contribution in [3.63, 3.8) is 0 Å². The Hall–Kier alpha value is -1.62. The molecule has 0 aliphatic carbocycles. The molecular formula is C13H16ClN3O2. The van der Waals surface area contributed by atoms with Crippen molar-refractivity contribution >= 4 is 29.2 Å². The van der Waals surface area contributed by atoms with Gasteiger partial charge in [-0.25, -0.2) is 4.98 Å². The predicted octanol–water partition coefficient (Wildman–Crippen LogP) is 2.06. The Labute approximate surface area is 117 Å². The lowest BCUT2D eigenvalue weighted by molar-refractivity contribution is -0.150. The van der Waals surface area contributed by atoms with E-state index in [1.165, 1.54) is 4.90 Å². The summed E-state index contributed by atoms with van der Waals surface area (Å²) in [6, 6.07) is 3.45. The third-order valence-electron chi connectivity index (χ3n) is 3.13. The molecule has 1 aliphatic heterocycles. The Kier molecular flexibility index (Phi) is 4.04. The third kappa shape index (κ3) is 3.04. The second-order valence-corrected chi connectivity index (χ2v) is 5.17. The van der Waals surface area contributed by atoms with E-state index in [1.54, 1.807) is 19.2 Å². The van der Waals surface area contributed by atoms with Gasteiger partial charge in [0.2, 0.25) is 11.8 Å². The van der Waals surface area contributed by atoms with Gasteiger partial charge in [-0.2, -0.15) is 0 Å². The van der Waals surface area contributed by atoms with Gasteiger partial charge in [0.1, 0.15) is 5.82 Å². The topological polar surface area (TPSA) is 62.3 Å². The third-order valence-corrected chi connectivity index (χ3v) is 3.48. The van der Waals surface area contributed by atoms with E-state index in [4.69, 9.17) is 11.6 Å². The first-order valence-electron chi connectivity index (χ1n) is 6.17. The van der Waals surface area contributed by atoms with Crippen molar-refractivity contribution in [3.05, 3.63) is 22.8 Å². The van der Waals surface area contributed by atoms with E-state index >= 15 is 0 Å². The summed E-state index contributed by atoms with van der Waals surface area (Å²) >= 11 is 6.06. The molecule has 102 valence electrons. The van der Waals surface area contributed by atoms with E-state index < -0.39 is 0 Å². The highest BCUT2D eigenvalue weighted by atomic mass is 35.5. The molecule has 1 saturated heterocycles. The monoisotopic (exact) mass is 281 g/mol. The number of carbonyl (C=O) groups excluding carboxylic acids is 2. The fourth-order valence-electron chi connectivity index (χ4n) is 2.09. The second-order valence-electron chi connectivity index (χ2n) is 4.76. The summed E-state index contributed by atoms with van der Waals surface area (Å²) in [5, 5.41) is 3.36. The molecule has 2 amide bonds. The maximum Gasteiger partial charge on any atom is 0.229 e.